The molecule has 3 fully saturated rings. The van der Waals surface area contributed by atoms with Crippen molar-refractivity contribution in [1.82, 2.24) is 20.5 Å². The fraction of sp³-hybridized carbons (Fsp3) is 0.314. The maximum atomic E-state index is 13.2. The van der Waals surface area contributed by atoms with Gasteiger partial charge >= 0.3 is 12.1 Å². The van der Waals surface area contributed by atoms with Crippen LogP contribution in [0.3, 0.4) is 0 Å². The van der Waals surface area contributed by atoms with Gasteiger partial charge in [0.05, 0.1) is 23.2 Å². The van der Waals surface area contributed by atoms with Crippen LogP contribution in [0.4, 0.5) is 4.79 Å². The minimum absolute atomic E-state index is 0.0561. The number of amides is 1. The Bertz CT molecular complexity index is 2600. The first-order valence-electron chi connectivity index (χ1n) is 21.8. The quantitative estimate of drug-likeness (QED) is 0.0457. The summed E-state index contributed by atoms with van der Waals surface area (Å²) < 4.78 is 23.7. The van der Waals surface area contributed by atoms with E-state index in [0.29, 0.717) is 46.0 Å². The number of carbonyl (C=O) groups is 2. The number of rotatable bonds is 17. The van der Waals surface area contributed by atoms with Gasteiger partial charge in [-0.15, -0.1) is 0 Å². The van der Waals surface area contributed by atoms with Crippen LogP contribution in [-0.4, -0.2) is 77.7 Å². The lowest BCUT2D eigenvalue weighted by atomic mass is 9.86. The van der Waals surface area contributed by atoms with Crippen molar-refractivity contribution in [2.24, 2.45) is 5.92 Å². The van der Waals surface area contributed by atoms with Gasteiger partial charge in [0, 0.05) is 31.1 Å². The molecule has 64 heavy (non-hydrogen) atoms. The van der Waals surface area contributed by atoms with Crippen molar-refractivity contribution in [3.05, 3.63) is 170 Å². The molecule has 9 rings (SSSR count). The second kappa shape index (κ2) is 20.2. The first-order chi connectivity index (χ1) is 31.1. The van der Waals surface area contributed by atoms with Crippen molar-refractivity contribution >= 4 is 23.0 Å². The summed E-state index contributed by atoms with van der Waals surface area (Å²) >= 11 is 0. The molecule has 4 heterocycles. The number of nitrogens with one attached hydrogen (secondary N) is 3. The molecule has 1 aromatic heterocycles. The van der Waals surface area contributed by atoms with Gasteiger partial charge in [0.25, 0.3) is 0 Å². The zero-order chi connectivity index (χ0) is 44.6. The van der Waals surface area contributed by atoms with E-state index < -0.39 is 24.2 Å². The summed E-state index contributed by atoms with van der Waals surface area (Å²) in [4.78, 5) is 42.9. The smallest absolute Gasteiger partial charge is 0.408 e. The van der Waals surface area contributed by atoms with Gasteiger partial charge in [-0.2, -0.15) is 0 Å². The van der Waals surface area contributed by atoms with E-state index in [4.69, 9.17) is 18.9 Å². The molecule has 3 aliphatic heterocycles. The summed E-state index contributed by atoms with van der Waals surface area (Å²) in [6.45, 7) is 8.10. The second-order valence-corrected chi connectivity index (χ2v) is 16.6. The number of hydrogen-bond acceptors (Lipinski definition) is 11. The summed E-state index contributed by atoms with van der Waals surface area (Å²) in [5.74, 6) is 1.26. The molecule has 3 aliphatic rings. The first kappa shape index (κ1) is 44.0. The molecule has 0 radical (unpaired) electrons. The lowest BCUT2D eigenvalue weighted by Crippen LogP contribution is -2.52. The number of aromatic hydroxyl groups is 1. The van der Waals surface area contributed by atoms with Gasteiger partial charge < -0.3 is 44.8 Å². The number of phenols is 1. The SMILES string of the molecule is Cc1cc(CNCC(O)c2ccc(O)c3[nH]c(=O)ccc23)cc(C)c1OCCOC(=O)c1ccc(COc2cccc([C@@H](NC(=O)OC3CN4CCC3CC4)c3ccccc3)c2)cc1. The highest BCUT2D eigenvalue weighted by molar-refractivity contribution is 5.89. The van der Waals surface area contributed by atoms with Crippen LogP contribution in [0.15, 0.2) is 120 Å². The summed E-state index contributed by atoms with van der Waals surface area (Å²) in [6.07, 6.45) is 0.735. The molecule has 2 bridgehead atoms. The van der Waals surface area contributed by atoms with Crippen LogP contribution in [0.2, 0.25) is 0 Å². The predicted octanol–water partition coefficient (Wildman–Crippen LogP) is 7.40. The van der Waals surface area contributed by atoms with Crippen LogP contribution >= 0.6 is 0 Å². The third kappa shape index (κ3) is 10.7. The minimum atomic E-state index is -0.870. The van der Waals surface area contributed by atoms with Gasteiger partial charge in [0.2, 0.25) is 5.56 Å². The van der Waals surface area contributed by atoms with Crippen LogP contribution in [0.1, 0.15) is 74.3 Å². The number of aromatic amines is 1. The number of piperidine rings is 3. The van der Waals surface area contributed by atoms with Crippen molar-refractivity contribution in [3.8, 4) is 17.2 Å². The number of phenolic OH excluding ortho intramolecular Hbond substituents is 1. The minimum Gasteiger partial charge on any atom is -0.506 e. The molecule has 0 spiro atoms. The van der Waals surface area contributed by atoms with Gasteiger partial charge in [-0.25, -0.2) is 9.59 Å². The Labute approximate surface area is 372 Å². The lowest BCUT2D eigenvalue weighted by Gasteiger charge is -2.43. The number of nitrogens with zero attached hydrogens (tertiary/aromatic N) is 1. The van der Waals surface area contributed by atoms with E-state index in [0.717, 1.165) is 65.9 Å². The number of esters is 1. The van der Waals surface area contributed by atoms with Crippen LogP contribution in [0, 0.1) is 19.8 Å². The Morgan fingerprint density at radius 1 is 0.828 bits per heavy atom. The average Bonchev–Trinajstić information content (AvgIpc) is 3.30. The Morgan fingerprint density at radius 2 is 1.58 bits per heavy atom. The summed E-state index contributed by atoms with van der Waals surface area (Å²) in [7, 11) is 0. The maximum Gasteiger partial charge on any atom is 0.408 e. The molecule has 3 atom stereocenters. The standard InChI is InChI=1S/C51H54N4O9/c1-32-25-35(28-52-29-44(57)41-15-17-43(56)48-42(41)16-18-46(58)53-48)26-33(2)49(32)61-23-24-62-50(59)38-13-11-34(12-14-38)31-63-40-10-6-9-39(27-40)47(37-7-4-3-5-8-37)54-51(60)64-45-30-55-21-19-36(45)20-22-55/h3-18,25-27,36,44-45,47,52,56-57H,19-24,28-31H2,1-2H3,(H,53,58)(H,54,60)/t44?,45?,47-/m0/s1. The zero-order valence-electron chi connectivity index (χ0n) is 36.0. The highest BCUT2D eigenvalue weighted by Crippen LogP contribution is 2.32. The second-order valence-electron chi connectivity index (χ2n) is 16.6. The van der Waals surface area contributed by atoms with Crippen LogP contribution < -0.4 is 25.7 Å². The van der Waals surface area contributed by atoms with Crippen LogP contribution in [0.25, 0.3) is 10.9 Å². The molecule has 332 valence electrons. The van der Waals surface area contributed by atoms with Crippen molar-refractivity contribution in [3.63, 3.8) is 0 Å². The molecule has 6 aromatic rings. The molecule has 0 aliphatic carbocycles. The van der Waals surface area contributed by atoms with Crippen molar-refractivity contribution in [2.45, 2.75) is 58.1 Å². The lowest BCUT2D eigenvalue weighted by molar-refractivity contribution is -0.0336. The summed E-state index contributed by atoms with van der Waals surface area (Å²) in [6, 6.07) is 34.2. The zero-order valence-corrected chi connectivity index (χ0v) is 36.0. The Balaban J connectivity index is 0.785. The van der Waals surface area contributed by atoms with Crippen molar-refractivity contribution in [2.75, 3.05) is 39.4 Å². The van der Waals surface area contributed by atoms with E-state index in [-0.39, 0.29) is 43.8 Å². The molecule has 5 aromatic carbocycles. The van der Waals surface area contributed by atoms with E-state index >= 15 is 0 Å². The number of benzene rings is 5. The molecule has 3 saturated heterocycles. The largest absolute Gasteiger partial charge is 0.506 e. The van der Waals surface area contributed by atoms with Crippen molar-refractivity contribution < 1.29 is 38.7 Å². The van der Waals surface area contributed by atoms with Gasteiger partial charge in [-0.05, 0) is 121 Å². The third-order valence-corrected chi connectivity index (χ3v) is 12.1. The highest BCUT2D eigenvalue weighted by Gasteiger charge is 2.37. The van der Waals surface area contributed by atoms with Gasteiger partial charge in [-0.1, -0.05) is 72.8 Å². The van der Waals surface area contributed by atoms with E-state index in [1.165, 1.54) is 12.1 Å². The van der Waals surface area contributed by atoms with E-state index in [2.05, 4.69) is 20.5 Å². The molecule has 2 unspecified atom stereocenters. The maximum absolute atomic E-state index is 13.2. The Kier molecular flexibility index (Phi) is 13.9. The monoisotopic (exact) mass is 866 g/mol. The average molecular weight is 867 g/mol. The molecule has 0 saturated carbocycles. The molecule has 13 heteroatoms. The topological polar surface area (TPSA) is 172 Å². The number of alkyl carbamates (subject to hydrolysis) is 1. The number of fused-ring (bicyclic) bond motifs is 4. The number of carbonyl (C=O) groups excluding carboxylic acids is 2. The fourth-order valence-electron chi connectivity index (χ4n) is 8.77. The van der Waals surface area contributed by atoms with Crippen LogP contribution in [-0.2, 0) is 22.6 Å². The number of aromatic nitrogens is 1. The normalized spacial score (nSPS) is 17.6. The number of pyridine rings is 1. The van der Waals surface area contributed by atoms with E-state index in [9.17, 15) is 24.6 Å². The van der Waals surface area contributed by atoms with Crippen molar-refractivity contribution in [1.29, 1.82) is 0 Å². The summed E-state index contributed by atoms with van der Waals surface area (Å²) in [5, 5.41) is 28.1. The Hall–Kier alpha value is -6.67. The molecular formula is C51H54N4O9. The Morgan fingerprint density at radius 3 is 2.31 bits per heavy atom. The molecule has 1 amide bonds. The number of hydrogen-bond donors (Lipinski definition) is 5. The van der Waals surface area contributed by atoms with E-state index in [1.807, 2.05) is 92.7 Å². The number of aryl methyl sites for hydroxylation is 2. The number of ether oxygens (including phenoxy) is 4. The number of aliphatic hydroxyl groups excluding tert-OH is 1. The summed E-state index contributed by atoms with van der Waals surface area (Å²) in [5.41, 5.74) is 6.49. The molecular weight excluding hydrogens is 813 g/mol. The number of H-pyrrole nitrogens is 1. The highest BCUT2D eigenvalue weighted by atomic mass is 16.6. The van der Waals surface area contributed by atoms with E-state index in [1.54, 1.807) is 24.3 Å². The van der Waals surface area contributed by atoms with Crippen LogP contribution in [0.5, 0.6) is 17.2 Å². The predicted molar refractivity (Wildman–Crippen MR) is 243 cm³/mol. The van der Waals surface area contributed by atoms with Gasteiger partial charge in [0.1, 0.15) is 43.2 Å². The third-order valence-electron chi connectivity index (χ3n) is 12.1. The fourth-order valence-corrected chi connectivity index (χ4v) is 8.77. The van der Waals surface area contributed by atoms with Gasteiger partial charge in [-0.3, -0.25) is 9.69 Å². The first-order valence-corrected chi connectivity index (χ1v) is 21.8. The number of aliphatic hydroxyl groups is 1. The molecule has 13 nitrogen and oxygen atoms in total. The molecule has 5 N–H and O–H groups in total. The van der Waals surface area contributed by atoms with Gasteiger partial charge in [0.15, 0.2) is 0 Å².